The van der Waals surface area contributed by atoms with E-state index < -0.39 is 0 Å². The second kappa shape index (κ2) is 8.11. The SMILES string of the molecule is CC1CN(CC2=CN3N=CC=CC3N2C)CC1c1nn2c(C3CCOCC3)ncc2c(=O)[nH]1. The first-order valence-corrected chi connectivity index (χ1v) is 11.8. The van der Waals surface area contributed by atoms with Gasteiger partial charge in [-0.25, -0.2) is 14.5 Å². The van der Waals surface area contributed by atoms with E-state index in [1.54, 1.807) is 10.7 Å². The van der Waals surface area contributed by atoms with Gasteiger partial charge in [-0.05, 0) is 30.9 Å². The number of hydrogen-bond acceptors (Lipinski definition) is 8. The lowest BCUT2D eigenvalue weighted by atomic mass is 9.97. The fourth-order valence-electron chi connectivity index (χ4n) is 5.52. The molecule has 2 aromatic rings. The zero-order valence-electron chi connectivity index (χ0n) is 19.1. The minimum atomic E-state index is -0.115. The Morgan fingerprint density at radius 3 is 2.91 bits per heavy atom. The predicted octanol–water partition coefficient (Wildman–Crippen LogP) is 1.32. The van der Waals surface area contributed by atoms with Gasteiger partial charge in [0, 0.05) is 69.8 Å². The van der Waals surface area contributed by atoms with E-state index in [2.05, 4.69) is 51.1 Å². The van der Waals surface area contributed by atoms with E-state index in [0.29, 0.717) is 11.4 Å². The number of hydrazone groups is 1. The lowest BCUT2D eigenvalue weighted by Crippen LogP contribution is -2.36. The molecular weight excluding hydrogens is 420 g/mol. The maximum Gasteiger partial charge on any atom is 0.276 e. The number of aromatic nitrogens is 4. The van der Waals surface area contributed by atoms with Crippen molar-refractivity contribution in [1.29, 1.82) is 0 Å². The maximum absolute atomic E-state index is 12.9. The van der Waals surface area contributed by atoms with Gasteiger partial charge in [-0.3, -0.25) is 9.69 Å². The van der Waals surface area contributed by atoms with Gasteiger partial charge in [0.05, 0.1) is 6.20 Å². The van der Waals surface area contributed by atoms with Gasteiger partial charge < -0.3 is 14.6 Å². The summed E-state index contributed by atoms with van der Waals surface area (Å²) in [6.45, 7) is 6.36. The molecule has 2 fully saturated rings. The summed E-state index contributed by atoms with van der Waals surface area (Å²) in [6, 6.07) is 0. The standard InChI is InChI=1S/C23H30N8O2/c1-15-11-29(12-17-13-30-20(28(17)2)4-3-7-25-30)14-18(15)21-26-23(32)19-10-24-22(31(19)27-21)16-5-8-33-9-6-16/h3-4,7,10,13,15-16,18,20H,5-6,8-9,11-12,14H2,1-2H3,(H,26,27,32). The number of imidazole rings is 1. The van der Waals surface area contributed by atoms with E-state index >= 15 is 0 Å². The van der Waals surface area contributed by atoms with Crippen molar-refractivity contribution in [3.8, 4) is 0 Å². The van der Waals surface area contributed by atoms with Crippen LogP contribution in [0.2, 0.25) is 0 Å². The summed E-state index contributed by atoms with van der Waals surface area (Å²) < 4.78 is 7.29. The molecule has 2 saturated heterocycles. The number of aromatic amines is 1. The Morgan fingerprint density at radius 2 is 2.09 bits per heavy atom. The van der Waals surface area contributed by atoms with E-state index in [1.165, 1.54) is 5.70 Å². The van der Waals surface area contributed by atoms with Gasteiger partial charge in [0.1, 0.15) is 17.8 Å². The molecule has 6 heterocycles. The molecule has 1 N–H and O–H groups in total. The van der Waals surface area contributed by atoms with Gasteiger partial charge in [-0.15, -0.1) is 0 Å². The lowest BCUT2D eigenvalue weighted by Gasteiger charge is -2.28. The molecule has 4 aliphatic rings. The van der Waals surface area contributed by atoms with E-state index in [0.717, 1.165) is 57.3 Å². The molecule has 3 unspecified atom stereocenters. The van der Waals surface area contributed by atoms with Crippen LogP contribution in [0, 0.1) is 5.92 Å². The molecular formula is C23H30N8O2. The largest absolute Gasteiger partial charge is 0.381 e. The van der Waals surface area contributed by atoms with Crippen LogP contribution in [0.25, 0.3) is 5.52 Å². The smallest absolute Gasteiger partial charge is 0.276 e. The summed E-state index contributed by atoms with van der Waals surface area (Å²) in [5.41, 5.74) is 1.65. The van der Waals surface area contributed by atoms with Crippen molar-refractivity contribution in [2.45, 2.75) is 37.8 Å². The summed E-state index contributed by atoms with van der Waals surface area (Å²) in [6.07, 6.45) is 11.7. The van der Waals surface area contributed by atoms with Gasteiger partial charge in [0.2, 0.25) is 0 Å². The zero-order chi connectivity index (χ0) is 22.5. The van der Waals surface area contributed by atoms with Gasteiger partial charge in [0.15, 0.2) is 5.52 Å². The number of nitrogens with one attached hydrogen (secondary N) is 1. The van der Waals surface area contributed by atoms with Gasteiger partial charge in [-0.1, -0.05) is 6.92 Å². The fourth-order valence-corrected chi connectivity index (χ4v) is 5.52. The topological polar surface area (TPSA) is 94.4 Å². The summed E-state index contributed by atoms with van der Waals surface area (Å²) >= 11 is 0. The highest BCUT2D eigenvalue weighted by Crippen LogP contribution is 2.33. The molecule has 33 heavy (non-hydrogen) atoms. The summed E-state index contributed by atoms with van der Waals surface area (Å²) in [7, 11) is 2.11. The lowest BCUT2D eigenvalue weighted by molar-refractivity contribution is 0.0832. The number of rotatable bonds is 4. The fraction of sp³-hybridized carbons (Fsp3) is 0.565. The van der Waals surface area contributed by atoms with Crippen molar-refractivity contribution >= 4 is 11.7 Å². The normalized spacial score (nSPS) is 28.2. The molecule has 2 aromatic heterocycles. The molecule has 0 spiro atoms. The Balaban J connectivity index is 1.23. The molecule has 0 radical (unpaired) electrons. The highest BCUT2D eigenvalue weighted by atomic mass is 16.5. The molecule has 0 bridgehead atoms. The highest BCUT2D eigenvalue weighted by molar-refractivity contribution is 5.72. The highest BCUT2D eigenvalue weighted by Gasteiger charge is 2.36. The Morgan fingerprint density at radius 1 is 1.24 bits per heavy atom. The predicted molar refractivity (Wildman–Crippen MR) is 124 cm³/mol. The van der Waals surface area contributed by atoms with Crippen LogP contribution >= 0.6 is 0 Å². The van der Waals surface area contributed by atoms with Gasteiger partial charge >= 0.3 is 0 Å². The Bertz CT molecular complexity index is 1190. The summed E-state index contributed by atoms with van der Waals surface area (Å²) in [5.74, 6) is 2.47. The summed E-state index contributed by atoms with van der Waals surface area (Å²) in [5, 5.41) is 11.4. The van der Waals surface area contributed by atoms with Crippen LogP contribution in [0.15, 0.2) is 40.1 Å². The third kappa shape index (κ3) is 3.57. The first kappa shape index (κ1) is 20.6. The summed E-state index contributed by atoms with van der Waals surface area (Å²) in [4.78, 5) is 25.2. The minimum Gasteiger partial charge on any atom is -0.381 e. The second-order valence-corrected chi connectivity index (χ2v) is 9.59. The molecule has 6 rings (SSSR count). The number of likely N-dealkylation sites (N-methyl/N-ethyl adjacent to an activating group) is 1. The molecule has 4 aliphatic heterocycles. The third-order valence-electron chi connectivity index (χ3n) is 7.43. The molecule has 0 saturated carbocycles. The molecule has 10 heteroatoms. The van der Waals surface area contributed by atoms with E-state index in [4.69, 9.17) is 9.84 Å². The first-order valence-electron chi connectivity index (χ1n) is 11.8. The minimum absolute atomic E-state index is 0.115. The molecule has 174 valence electrons. The Hall–Kier alpha value is -2.98. The van der Waals surface area contributed by atoms with Gasteiger partial charge in [-0.2, -0.15) is 10.2 Å². The molecule has 10 nitrogen and oxygen atoms in total. The van der Waals surface area contributed by atoms with Crippen molar-refractivity contribution in [3.05, 3.63) is 52.2 Å². The zero-order valence-corrected chi connectivity index (χ0v) is 19.1. The molecule has 3 atom stereocenters. The number of hydrogen-bond donors (Lipinski definition) is 1. The van der Waals surface area contributed by atoms with E-state index in [1.807, 2.05) is 17.3 Å². The van der Waals surface area contributed by atoms with Crippen LogP contribution in [0.1, 0.15) is 43.3 Å². The number of nitrogens with zero attached hydrogens (tertiary/aromatic N) is 7. The van der Waals surface area contributed by atoms with Crippen LogP contribution in [-0.2, 0) is 4.74 Å². The van der Waals surface area contributed by atoms with Crippen LogP contribution < -0.4 is 5.56 Å². The van der Waals surface area contributed by atoms with Crippen molar-refractivity contribution in [1.82, 2.24) is 34.4 Å². The van der Waals surface area contributed by atoms with Crippen LogP contribution in [0.3, 0.4) is 0 Å². The van der Waals surface area contributed by atoms with Gasteiger partial charge in [0.25, 0.3) is 5.56 Å². The number of likely N-dealkylation sites (tertiary alicyclic amines) is 1. The monoisotopic (exact) mass is 450 g/mol. The number of fused-ring (bicyclic) bond motifs is 2. The van der Waals surface area contributed by atoms with Crippen molar-refractivity contribution < 1.29 is 4.74 Å². The number of H-pyrrole nitrogens is 1. The van der Waals surface area contributed by atoms with Crippen molar-refractivity contribution in [2.24, 2.45) is 11.0 Å². The van der Waals surface area contributed by atoms with E-state index in [-0.39, 0.29) is 23.6 Å². The maximum atomic E-state index is 12.9. The number of ether oxygens (including phenoxy) is 1. The molecule has 0 aromatic carbocycles. The van der Waals surface area contributed by atoms with Crippen LogP contribution in [0.5, 0.6) is 0 Å². The van der Waals surface area contributed by atoms with Crippen molar-refractivity contribution in [3.63, 3.8) is 0 Å². The molecule has 0 aliphatic carbocycles. The van der Waals surface area contributed by atoms with Crippen LogP contribution in [0.4, 0.5) is 0 Å². The first-order chi connectivity index (χ1) is 16.1. The van der Waals surface area contributed by atoms with E-state index in [9.17, 15) is 4.79 Å². The third-order valence-corrected chi connectivity index (χ3v) is 7.43. The quantitative estimate of drug-likeness (QED) is 0.751. The van der Waals surface area contributed by atoms with Crippen LogP contribution in [-0.4, -0.2) is 86.7 Å². The van der Waals surface area contributed by atoms with Crippen molar-refractivity contribution in [2.75, 3.05) is 39.9 Å². The Labute approximate surface area is 192 Å². The molecule has 0 amide bonds. The number of allylic oxidation sites excluding steroid dienone is 1. The Kier molecular flexibility index (Phi) is 5.06. The average Bonchev–Trinajstić information content (AvgIpc) is 3.51. The second-order valence-electron chi connectivity index (χ2n) is 9.59. The average molecular weight is 451 g/mol.